The van der Waals surface area contributed by atoms with Crippen molar-refractivity contribution in [3.05, 3.63) is 0 Å². The van der Waals surface area contributed by atoms with Crippen molar-refractivity contribution in [2.24, 2.45) is 11.8 Å². The van der Waals surface area contributed by atoms with E-state index in [0.29, 0.717) is 65.9 Å². The Balaban J connectivity index is 3.13. The van der Waals surface area contributed by atoms with E-state index in [-0.39, 0.29) is 30.0 Å². The molecule has 160 valence electrons. The SMILES string of the molecule is CC(C)C(=O)CCCOCCOCCOCCOCCOCC(=O)C(C)C. The number of hydrogen-bond acceptors (Lipinski definition) is 7. The maximum absolute atomic E-state index is 11.4. The summed E-state index contributed by atoms with van der Waals surface area (Å²) in [5.74, 6) is 0.496. The predicted octanol–water partition coefficient (Wildman–Crippen LogP) is 2.30. The summed E-state index contributed by atoms with van der Waals surface area (Å²) < 4.78 is 26.7. The second kappa shape index (κ2) is 18.5. The lowest BCUT2D eigenvalue weighted by atomic mass is 10.1. The molecule has 7 heteroatoms. The van der Waals surface area contributed by atoms with Crippen LogP contribution in [0.1, 0.15) is 40.5 Å². The molecule has 0 saturated heterocycles. The van der Waals surface area contributed by atoms with Crippen LogP contribution in [0.25, 0.3) is 0 Å². The molecule has 0 rings (SSSR count). The van der Waals surface area contributed by atoms with Gasteiger partial charge in [0.25, 0.3) is 0 Å². The van der Waals surface area contributed by atoms with E-state index < -0.39 is 0 Å². The molecular weight excluding hydrogens is 352 g/mol. The van der Waals surface area contributed by atoms with Gasteiger partial charge in [-0.25, -0.2) is 0 Å². The van der Waals surface area contributed by atoms with Crippen molar-refractivity contribution in [3.8, 4) is 0 Å². The molecule has 0 aliphatic carbocycles. The van der Waals surface area contributed by atoms with Crippen LogP contribution in [-0.4, -0.2) is 77.6 Å². The molecule has 0 aromatic heterocycles. The topological polar surface area (TPSA) is 80.3 Å². The first-order valence-corrected chi connectivity index (χ1v) is 9.89. The quantitative estimate of drug-likeness (QED) is 0.295. The second-order valence-electron chi connectivity index (χ2n) is 6.85. The molecule has 0 radical (unpaired) electrons. The highest BCUT2D eigenvalue weighted by atomic mass is 16.6. The van der Waals surface area contributed by atoms with E-state index in [2.05, 4.69) is 0 Å². The van der Waals surface area contributed by atoms with Gasteiger partial charge in [0.05, 0.1) is 52.9 Å². The zero-order valence-electron chi connectivity index (χ0n) is 17.5. The van der Waals surface area contributed by atoms with Gasteiger partial charge in [-0.3, -0.25) is 9.59 Å². The summed E-state index contributed by atoms with van der Waals surface area (Å²) in [6.07, 6.45) is 1.34. The number of ketones is 2. The smallest absolute Gasteiger partial charge is 0.160 e. The third-order valence-electron chi connectivity index (χ3n) is 3.73. The van der Waals surface area contributed by atoms with Crippen LogP contribution in [0, 0.1) is 11.8 Å². The van der Waals surface area contributed by atoms with Gasteiger partial charge in [-0.2, -0.15) is 0 Å². The fraction of sp³-hybridized carbons (Fsp3) is 0.900. The van der Waals surface area contributed by atoms with Crippen LogP contribution in [-0.2, 0) is 33.3 Å². The maximum atomic E-state index is 11.4. The minimum Gasteiger partial charge on any atom is -0.379 e. The average molecular weight is 391 g/mol. The molecule has 0 heterocycles. The molecule has 0 aliphatic heterocycles. The Bertz CT molecular complexity index is 335. The van der Waals surface area contributed by atoms with Gasteiger partial charge < -0.3 is 23.7 Å². The highest BCUT2D eigenvalue weighted by Crippen LogP contribution is 2.01. The number of ether oxygens (including phenoxy) is 5. The molecule has 27 heavy (non-hydrogen) atoms. The predicted molar refractivity (Wildman–Crippen MR) is 103 cm³/mol. The number of carbonyl (C=O) groups is 2. The Kier molecular flexibility index (Phi) is 17.9. The molecule has 0 aromatic carbocycles. The lowest BCUT2D eigenvalue weighted by Gasteiger charge is -2.08. The molecule has 0 aromatic rings. The van der Waals surface area contributed by atoms with Gasteiger partial charge >= 0.3 is 0 Å². The molecule has 0 aliphatic rings. The number of carbonyl (C=O) groups excluding carboxylic acids is 2. The summed E-state index contributed by atoms with van der Waals surface area (Å²) in [4.78, 5) is 22.7. The van der Waals surface area contributed by atoms with Gasteiger partial charge in [0.1, 0.15) is 12.4 Å². The molecule has 0 fully saturated rings. The fourth-order valence-electron chi connectivity index (χ4n) is 1.86. The average Bonchev–Trinajstić information content (AvgIpc) is 2.63. The molecule has 7 nitrogen and oxygen atoms in total. The van der Waals surface area contributed by atoms with E-state index in [1.165, 1.54) is 0 Å². The lowest BCUT2D eigenvalue weighted by molar-refractivity contribution is -0.127. The summed E-state index contributed by atoms with van der Waals surface area (Å²) in [5, 5.41) is 0. The summed E-state index contributed by atoms with van der Waals surface area (Å²) in [6.45, 7) is 12.2. The summed E-state index contributed by atoms with van der Waals surface area (Å²) >= 11 is 0. The monoisotopic (exact) mass is 390 g/mol. The van der Waals surface area contributed by atoms with Crippen molar-refractivity contribution < 1.29 is 33.3 Å². The van der Waals surface area contributed by atoms with E-state index >= 15 is 0 Å². The van der Waals surface area contributed by atoms with Crippen molar-refractivity contribution in [2.45, 2.75) is 40.5 Å². The van der Waals surface area contributed by atoms with Crippen molar-refractivity contribution in [3.63, 3.8) is 0 Å². The molecule has 0 spiro atoms. The molecular formula is C20H38O7. The van der Waals surface area contributed by atoms with Gasteiger partial charge in [0, 0.05) is 24.9 Å². The molecule has 0 atom stereocenters. The second-order valence-corrected chi connectivity index (χ2v) is 6.85. The van der Waals surface area contributed by atoms with Gasteiger partial charge in [-0.15, -0.1) is 0 Å². The van der Waals surface area contributed by atoms with Crippen molar-refractivity contribution in [2.75, 3.05) is 66.1 Å². The number of rotatable bonds is 20. The summed E-state index contributed by atoms with van der Waals surface area (Å²) in [5.41, 5.74) is 0. The van der Waals surface area contributed by atoms with Crippen molar-refractivity contribution in [1.82, 2.24) is 0 Å². The Morgan fingerprint density at radius 1 is 0.556 bits per heavy atom. The molecule has 0 bridgehead atoms. The summed E-state index contributed by atoms with van der Waals surface area (Å²) in [6, 6.07) is 0. The minimum atomic E-state index is 0.00786. The Labute approximate surface area is 164 Å². The Morgan fingerprint density at radius 3 is 1.33 bits per heavy atom. The van der Waals surface area contributed by atoms with Crippen LogP contribution in [0.3, 0.4) is 0 Å². The Hall–Kier alpha value is -0.860. The molecule has 0 N–H and O–H groups in total. The standard InChI is InChI=1S/C20H38O7/c1-17(2)19(21)6-5-7-23-8-9-24-10-11-25-12-13-26-14-15-27-16-20(22)18(3)4/h17-18H,5-16H2,1-4H3. The van der Waals surface area contributed by atoms with Gasteiger partial charge in [0.2, 0.25) is 0 Å². The van der Waals surface area contributed by atoms with Gasteiger partial charge in [-0.1, -0.05) is 27.7 Å². The van der Waals surface area contributed by atoms with Crippen LogP contribution in [0.4, 0.5) is 0 Å². The highest BCUT2D eigenvalue weighted by molar-refractivity contribution is 5.81. The normalized spacial score (nSPS) is 11.5. The van der Waals surface area contributed by atoms with E-state index in [1.54, 1.807) is 0 Å². The van der Waals surface area contributed by atoms with Crippen LogP contribution in [0.5, 0.6) is 0 Å². The third kappa shape index (κ3) is 18.3. The van der Waals surface area contributed by atoms with Gasteiger partial charge in [0.15, 0.2) is 5.78 Å². The maximum Gasteiger partial charge on any atom is 0.160 e. The molecule has 0 amide bonds. The number of hydrogen-bond donors (Lipinski definition) is 0. The van der Waals surface area contributed by atoms with Crippen LogP contribution in [0.15, 0.2) is 0 Å². The highest BCUT2D eigenvalue weighted by Gasteiger charge is 2.06. The van der Waals surface area contributed by atoms with Crippen LogP contribution >= 0.6 is 0 Å². The van der Waals surface area contributed by atoms with Crippen molar-refractivity contribution in [1.29, 1.82) is 0 Å². The molecule has 0 saturated carbocycles. The largest absolute Gasteiger partial charge is 0.379 e. The summed E-state index contributed by atoms with van der Waals surface area (Å²) in [7, 11) is 0. The van der Waals surface area contributed by atoms with Crippen LogP contribution in [0.2, 0.25) is 0 Å². The van der Waals surface area contributed by atoms with E-state index in [9.17, 15) is 9.59 Å². The minimum absolute atomic E-state index is 0.00786. The molecule has 0 unspecified atom stereocenters. The van der Waals surface area contributed by atoms with Crippen molar-refractivity contribution >= 4 is 11.6 Å². The van der Waals surface area contributed by atoms with E-state index in [1.807, 2.05) is 27.7 Å². The third-order valence-corrected chi connectivity index (χ3v) is 3.73. The lowest BCUT2D eigenvalue weighted by Crippen LogP contribution is -2.17. The zero-order chi connectivity index (χ0) is 20.3. The van der Waals surface area contributed by atoms with Gasteiger partial charge in [-0.05, 0) is 6.42 Å². The Morgan fingerprint density at radius 2 is 0.926 bits per heavy atom. The van der Waals surface area contributed by atoms with Crippen LogP contribution < -0.4 is 0 Å². The first-order chi connectivity index (χ1) is 12.9. The first kappa shape index (κ1) is 26.1. The van der Waals surface area contributed by atoms with E-state index in [4.69, 9.17) is 23.7 Å². The number of Topliss-reactive ketones (excluding diaryl/α,β-unsaturated/α-hetero) is 2. The van der Waals surface area contributed by atoms with E-state index in [0.717, 1.165) is 6.42 Å². The fourth-order valence-corrected chi connectivity index (χ4v) is 1.86. The zero-order valence-corrected chi connectivity index (χ0v) is 17.5. The first-order valence-electron chi connectivity index (χ1n) is 9.89.